The number of aryl methyl sites for hydroxylation is 1. The molecule has 6 heteroatoms. The van der Waals surface area contributed by atoms with Gasteiger partial charge in [-0.05, 0) is 35.0 Å². The summed E-state index contributed by atoms with van der Waals surface area (Å²) in [7, 11) is 0. The Hall–Kier alpha value is -1.14. The van der Waals surface area contributed by atoms with E-state index in [0.29, 0.717) is 10.9 Å². The van der Waals surface area contributed by atoms with Gasteiger partial charge in [0, 0.05) is 28.2 Å². The molecule has 2 heterocycles. The number of hydrogen-bond donors (Lipinski definition) is 1. The van der Waals surface area contributed by atoms with Gasteiger partial charge in [-0.15, -0.1) is 0 Å². The van der Waals surface area contributed by atoms with Crippen molar-refractivity contribution in [2.75, 3.05) is 0 Å². The molecule has 0 spiro atoms. The molecule has 0 unspecified atom stereocenters. The van der Waals surface area contributed by atoms with Crippen LogP contribution in [0.3, 0.4) is 0 Å². The van der Waals surface area contributed by atoms with Crippen molar-refractivity contribution in [3.63, 3.8) is 0 Å². The van der Waals surface area contributed by atoms with Gasteiger partial charge in [-0.2, -0.15) is 0 Å². The van der Waals surface area contributed by atoms with Crippen molar-refractivity contribution in [2.24, 2.45) is 0 Å². The Bertz CT molecular complexity index is 568. The maximum atomic E-state index is 11.2. The van der Waals surface area contributed by atoms with Crippen LogP contribution in [-0.4, -0.2) is 15.0 Å². The van der Waals surface area contributed by atoms with E-state index < -0.39 is 0 Å². The number of H-pyrrole nitrogens is 1. The van der Waals surface area contributed by atoms with Crippen LogP contribution in [0.5, 0.6) is 0 Å². The number of rotatable bonds is 3. The van der Waals surface area contributed by atoms with E-state index >= 15 is 0 Å². The van der Waals surface area contributed by atoms with Gasteiger partial charge in [0.05, 0.1) is 5.69 Å². The number of nitrogens with one attached hydrogen (secondary N) is 1. The van der Waals surface area contributed by atoms with Crippen molar-refractivity contribution >= 4 is 27.7 Å². The molecule has 0 radical (unpaired) electrons. The Labute approximate surface area is 111 Å². The fourth-order valence-corrected chi connectivity index (χ4v) is 2.33. The lowest BCUT2D eigenvalue weighted by molar-refractivity contribution is 0.904. The second kappa shape index (κ2) is 5.46. The van der Waals surface area contributed by atoms with Crippen LogP contribution in [0.25, 0.3) is 0 Å². The van der Waals surface area contributed by atoms with E-state index in [1.807, 2.05) is 12.1 Å². The monoisotopic (exact) mass is 311 g/mol. The van der Waals surface area contributed by atoms with Crippen molar-refractivity contribution in [2.45, 2.75) is 17.8 Å². The Morgan fingerprint density at radius 2 is 2.29 bits per heavy atom. The third-order valence-electron chi connectivity index (χ3n) is 1.99. The average Bonchev–Trinajstić information content (AvgIpc) is 2.27. The molecule has 2 rings (SSSR count). The highest BCUT2D eigenvalue weighted by Gasteiger charge is 2.01. The van der Waals surface area contributed by atoms with E-state index in [1.165, 1.54) is 17.8 Å². The first-order valence-electron chi connectivity index (χ1n) is 4.95. The number of halogens is 1. The van der Waals surface area contributed by atoms with Crippen LogP contribution in [0, 0.1) is 6.92 Å². The second-order valence-corrected chi connectivity index (χ2v) is 5.33. The van der Waals surface area contributed by atoms with E-state index in [-0.39, 0.29) is 5.56 Å². The second-order valence-electron chi connectivity index (χ2n) is 3.45. The van der Waals surface area contributed by atoms with Crippen LogP contribution < -0.4 is 5.56 Å². The summed E-state index contributed by atoms with van der Waals surface area (Å²) in [5, 5.41) is 0.625. The third kappa shape index (κ3) is 3.67. The SMILES string of the molecule is Cc1cc(=O)[nH]c(SCc2ccc(Br)cn2)n1. The minimum Gasteiger partial charge on any atom is -0.301 e. The fraction of sp³-hybridized carbons (Fsp3) is 0.182. The summed E-state index contributed by atoms with van der Waals surface area (Å²) in [6.45, 7) is 1.80. The van der Waals surface area contributed by atoms with E-state index in [0.717, 1.165) is 15.9 Å². The zero-order valence-corrected chi connectivity index (χ0v) is 11.5. The third-order valence-corrected chi connectivity index (χ3v) is 3.37. The first-order valence-corrected chi connectivity index (χ1v) is 6.72. The molecular formula is C11H10BrN3OS. The molecule has 1 N–H and O–H groups in total. The summed E-state index contributed by atoms with van der Waals surface area (Å²) in [5.74, 6) is 0.680. The van der Waals surface area contributed by atoms with Crippen LogP contribution in [0.2, 0.25) is 0 Å². The maximum absolute atomic E-state index is 11.2. The first kappa shape index (κ1) is 12.3. The molecule has 0 aliphatic heterocycles. The summed E-state index contributed by atoms with van der Waals surface area (Å²) >= 11 is 4.79. The van der Waals surface area contributed by atoms with Gasteiger partial charge in [0.25, 0.3) is 5.56 Å². The summed E-state index contributed by atoms with van der Waals surface area (Å²) in [6.07, 6.45) is 1.75. The van der Waals surface area contributed by atoms with Gasteiger partial charge in [-0.25, -0.2) is 4.98 Å². The normalized spacial score (nSPS) is 10.5. The molecule has 0 aliphatic carbocycles. The Kier molecular flexibility index (Phi) is 3.96. The van der Waals surface area contributed by atoms with Crippen LogP contribution in [-0.2, 0) is 5.75 Å². The number of hydrogen-bond acceptors (Lipinski definition) is 4. The Balaban J connectivity index is 2.07. The minimum atomic E-state index is -0.122. The Morgan fingerprint density at radius 3 is 2.94 bits per heavy atom. The molecule has 0 aliphatic rings. The van der Waals surface area contributed by atoms with Gasteiger partial charge < -0.3 is 4.98 Å². The van der Waals surface area contributed by atoms with Crippen molar-refractivity contribution in [1.29, 1.82) is 0 Å². The predicted molar refractivity (Wildman–Crippen MR) is 71.1 cm³/mol. The molecular weight excluding hydrogens is 302 g/mol. The first-order chi connectivity index (χ1) is 8.13. The summed E-state index contributed by atoms with van der Waals surface area (Å²) in [4.78, 5) is 22.4. The lowest BCUT2D eigenvalue weighted by Gasteiger charge is -2.01. The standard InChI is InChI=1S/C11H10BrN3OS/c1-7-4-10(16)15-11(14-7)17-6-9-3-2-8(12)5-13-9/h2-5H,6H2,1H3,(H,14,15,16). The number of thioether (sulfide) groups is 1. The quantitative estimate of drug-likeness (QED) is 0.699. The van der Waals surface area contributed by atoms with Crippen molar-refractivity contribution < 1.29 is 0 Å². The smallest absolute Gasteiger partial charge is 0.251 e. The maximum Gasteiger partial charge on any atom is 0.251 e. The van der Waals surface area contributed by atoms with Crippen molar-refractivity contribution in [1.82, 2.24) is 15.0 Å². The molecule has 2 aromatic rings. The van der Waals surface area contributed by atoms with E-state index in [9.17, 15) is 4.79 Å². The van der Waals surface area contributed by atoms with Crippen molar-refractivity contribution in [3.8, 4) is 0 Å². The summed E-state index contributed by atoms with van der Waals surface area (Å²) in [5.41, 5.74) is 1.55. The van der Waals surface area contributed by atoms with Gasteiger partial charge in [0.15, 0.2) is 5.16 Å². The molecule has 0 saturated heterocycles. The van der Waals surface area contributed by atoms with Gasteiger partial charge in [-0.1, -0.05) is 11.8 Å². The van der Waals surface area contributed by atoms with Crippen molar-refractivity contribution in [3.05, 3.63) is 50.6 Å². The highest BCUT2D eigenvalue weighted by Crippen LogP contribution is 2.18. The van der Waals surface area contributed by atoms with Gasteiger partial charge in [0.2, 0.25) is 0 Å². The minimum absolute atomic E-state index is 0.122. The fourth-order valence-electron chi connectivity index (χ4n) is 1.25. The van der Waals surface area contributed by atoms with Crippen LogP contribution in [0.1, 0.15) is 11.4 Å². The summed E-state index contributed by atoms with van der Waals surface area (Å²) < 4.78 is 0.952. The van der Waals surface area contributed by atoms with E-state index in [1.54, 1.807) is 13.1 Å². The molecule has 88 valence electrons. The van der Waals surface area contributed by atoms with E-state index in [2.05, 4.69) is 30.9 Å². The zero-order valence-electron chi connectivity index (χ0n) is 9.11. The molecule has 0 fully saturated rings. The average molecular weight is 312 g/mol. The molecule has 0 saturated carbocycles. The topological polar surface area (TPSA) is 58.6 Å². The highest BCUT2D eigenvalue weighted by molar-refractivity contribution is 9.10. The van der Waals surface area contributed by atoms with Gasteiger partial charge in [0.1, 0.15) is 0 Å². The van der Waals surface area contributed by atoms with Gasteiger partial charge in [-0.3, -0.25) is 9.78 Å². The van der Waals surface area contributed by atoms with Crippen LogP contribution in [0.4, 0.5) is 0 Å². The lowest BCUT2D eigenvalue weighted by Crippen LogP contribution is -2.08. The van der Waals surface area contributed by atoms with Crippen LogP contribution in [0.15, 0.2) is 38.8 Å². The molecule has 2 aromatic heterocycles. The molecule has 17 heavy (non-hydrogen) atoms. The largest absolute Gasteiger partial charge is 0.301 e. The molecule has 0 aromatic carbocycles. The Morgan fingerprint density at radius 1 is 1.47 bits per heavy atom. The number of aromatic amines is 1. The molecule has 0 bridgehead atoms. The number of aromatic nitrogens is 3. The molecule has 4 nitrogen and oxygen atoms in total. The van der Waals surface area contributed by atoms with Gasteiger partial charge >= 0.3 is 0 Å². The summed E-state index contributed by atoms with van der Waals surface area (Å²) in [6, 6.07) is 5.35. The number of pyridine rings is 1. The lowest BCUT2D eigenvalue weighted by atomic mass is 10.4. The van der Waals surface area contributed by atoms with Crippen LogP contribution >= 0.6 is 27.7 Å². The number of nitrogens with zero attached hydrogens (tertiary/aromatic N) is 2. The molecule has 0 amide bonds. The zero-order chi connectivity index (χ0) is 12.3. The predicted octanol–water partition coefficient (Wildman–Crippen LogP) is 2.53. The van der Waals surface area contributed by atoms with E-state index in [4.69, 9.17) is 0 Å². The molecule has 0 atom stereocenters. The highest BCUT2D eigenvalue weighted by atomic mass is 79.9.